The fraction of sp³-hybridized carbons (Fsp3) is 1.00. The normalized spacial score (nSPS) is 31.2. The first kappa shape index (κ1) is 8.59. The summed E-state index contributed by atoms with van der Waals surface area (Å²) in [5, 5.41) is 0. The Hall–Kier alpha value is 0. The molecule has 2 aliphatic rings. The SMILES string of the molecule is CCC(C)(CC1CC1)C1(C)CC1. The molecule has 0 amide bonds. The summed E-state index contributed by atoms with van der Waals surface area (Å²) < 4.78 is 0. The van der Waals surface area contributed by atoms with Crippen molar-refractivity contribution in [2.75, 3.05) is 0 Å². The summed E-state index contributed by atoms with van der Waals surface area (Å²) in [6.07, 6.45) is 8.92. The van der Waals surface area contributed by atoms with Crippen molar-refractivity contribution in [3.63, 3.8) is 0 Å². The van der Waals surface area contributed by atoms with E-state index in [4.69, 9.17) is 0 Å². The number of rotatable bonds is 4. The van der Waals surface area contributed by atoms with Gasteiger partial charge in [0.05, 0.1) is 0 Å². The van der Waals surface area contributed by atoms with E-state index in [0.717, 1.165) is 11.3 Å². The number of hydrogen-bond acceptors (Lipinski definition) is 0. The molecule has 0 aromatic heterocycles. The molecule has 0 heteroatoms. The van der Waals surface area contributed by atoms with Gasteiger partial charge < -0.3 is 0 Å². The molecule has 2 aliphatic carbocycles. The molecule has 0 spiro atoms. The molecule has 12 heavy (non-hydrogen) atoms. The van der Waals surface area contributed by atoms with Crippen LogP contribution in [0, 0.1) is 16.7 Å². The van der Waals surface area contributed by atoms with Gasteiger partial charge in [0.2, 0.25) is 0 Å². The van der Waals surface area contributed by atoms with Gasteiger partial charge >= 0.3 is 0 Å². The molecule has 0 N–H and O–H groups in total. The first-order chi connectivity index (χ1) is 5.60. The van der Waals surface area contributed by atoms with Crippen LogP contribution in [0.1, 0.15) is 59.3 Å². The zero-order valence-electron chi connectivity index (χ0n) is 8.82. The summed E-state index contributed by atoms with van der Waals surface area (Å²) in [5.74, 6) is 1.10. The largest absolute Gasteiger partial charge is 0.0648 e. The standard InChI is InChI=1S/C12H22/c1-4-11(2,9-10-5-6-10)12(3)7-8-12/h10H,4-9H2,1-3H3. The van der Waals surface area contributed by atoms with Crippen LogP contribution >= 0.6 is 0 Å². The highest BCUT2D eigenvalue weighted by Crippen LogP contribution is 2.63. The maximum absolute atomic E-state index is 2.53. The van der Waals surface area contributed by atoms with E-state index in [0.29, 0.717) is 5.41 Å². The minimum absolute atomic E-state index is 0.675. The lowest BCUT2D eigenvalue weighted by Gasteiger charge is -2.35. The van der Waals surface area contributed by atoms with Crippen molar-refractivity contribution in [1.29, 1.82) is 0 Å². The van der Waals surface area contributed by atoms with Crippen molar-refractivity contribution in [2.24, 2.45) is 16.7 Å². The minimum Gasteiger partial charge on any atom is -0.0648 e. The minimum atomic E-state index is 0.675. The first-order valence-corrected chi connectivity index (χ1v) is 5.60. The molecule has 0 aromatic rings. The maximum atomic E-state index is 2.53. The van der Waals surface area contributed by atoms with Crippen LogP contribution in [-0.2, 0) is 0 Å². The zero-order valence-corrected chi connectivity index (χ0v) is 8.82. The Balaban J connectivity index is 2.01. The van der Waals surface area contributed by atoms with Gasteiger partial charge in [0.15, 0.2) is 0 Å². The van der Waals surface area contributed by atoms with Gasteiger partial charge in [0.25, 0.3) is 0 Å². The van der Waals surface area contributed by atoms with Crippen LogP contribution < -0.4 is 0 Å². The van der Waals surface area contributed by atoms with Crippen LogP contribution in [0.2, 0.25) is 0 Å². The first-order valence-electron chi connectivity index (χ1n) is 5.60. The monoisotopic (exact) mass is 166 g/mol. The Morgan fingerprint density at radius 2 is 1.92 bits per heavy atom. The second-order valence-electron chi connectivity index (χ2n) is 5.62. The van der Waals surface area contributed by atoms with Crippen molar-refractivity contribution in [2.45, 2.75) is 59.3 Å². The molecule has 70 valence electrons. The smallest absolute Gasteiger partial charge is 0.0272 e. The van der Waals surface area contributed by atoms with Crippen molar-refractivity contribution in [1.82, 2.24) is 0 Å². The molecule has 0 aliphatic heterocycles. The van der Waals surface area contributed by atoms with Crippen LogP contribution in [0.5, 0.6) is 0 Å². The molecule has 0 aromatic carbocycles. The Bertz CT molecular complexity index is 174. The quantitative estimate of drug-likeness (QED) is 0.592. The fourth-order valence-electron chi connectivity index (χ4n) is 2.57. The van der Waals surface area contributed by atoms with E-state index < -0.39 is 0 Å². The van der Waals surface area contributed by atoms with E-state index in [-0.39, 0.29) is 0 Å². The molecule has 0 saturated heterocycles. The lowest BCUT2D eigenvalue weighted by atomic mass is 9.69. The van der Waals surface area contributed by atoms with E-state index in [1.807, 2.05) is 0 Å². The Kier molecular flexibility index (Phi) is 1.79. The third-order valence-corrected chi connectivity index (χ3v) is 4.67. The van der Waals surface area contributed by atoms with Gasteiger partial charge in [-0.15, -0.1) is 0 Å². The molecule has 1 unspecified atom stereocenters. The van der Waals surface area contributed by atoms with E-state index in [2.05, 4.69) is 20.8 Å². The highest BCUT2D eigenvalue weighted by molar-refractivity contribution is 5.03. The topological polar surface area (TPSA) is 0 Å². The lowest BCUT2D eigenvalue weighted by Crippen LogP contribution is -2.26. The van der Waals surface area contributed by atoms with Crippen LogP contribution in [0.3, 0.4) is 0 Å². The van der Waals surface area contributed by atoms with Gasteiger partial charge in [-0.05, 0) is 36.0 Å². The Morgan fingerprint density at radius 1 is 1.33 bits per heavy atom. The zero-order chi connectivity index (χ0) is 8.82. The molecule has 0 heterocycles. The molecular formula is C12H22. The fourth-order valence-corrected chi connectivity index (χ4v) is 2.57. The maximum Gasteiger partial charge on any atom is -0.0272 e. The molecular weight excluding hydrogens is 144 g/mol. The molecule has 2 rings (SSSR count). The van der Waals surface area contributed by atoms with Crippen LogP contribution in [-0.4, -0.2) is 0 Å². The highest BCUT2D eigenvalue weighted by atomic mass is 14.6. The van der Waals surface area contributed by atoms with Crippen molar-refractivity contribution in [3.05, 3.63) is 0 Å². The van der Waals surface area contributed by atoms with Crippen molar-refractivity contribution < 1.29 is 0 Å². The second-order valence-corrected chi connectivity index (χ2v) is 5.62. The molecule has 0 radical (unpaired) electrons. The molecule has 2 saturated carbocycles. The van der Waals surface area contributed by atoms with E-state index in [9.17, 15) is 0 Å². The molecule has 0 bridgehead atoms. The van der Waals surface area contributed by atoms with Gasteiger partial charge in [-0.1, -0.05) is 40.0 Å². The predicted molar refractivity (Wildman–Crippen MR) is 53.1 cm³/mol. The summed E-state index contributed by atoms with van der Waals surface area (Å²) in [6, 6.07) is 0. The summed E-state index contributed by atoms with van der Waals surface area (Å²) in [4.78, 5) is 0. The second kappa shape index (κ2) is 2.49. The summed E-state index contributed by atoms with van der Waals surface area (Å²) in [6.45, 7) is 7.41. The average molecular weight is 166 g/mol. The van der Waals surface area contributed by atoms with Gasteiger partial charge in [-0.25, -0.2) is 0 Å². The van der Waals surface area contributed by atoms with Gasteiger partial charge in [-0.3, -0.25) is 0 Å². The van der Waals surface area contributed by atoms with Gasteiger partial charge in [-0.2, -0.15) is 0 Å². The summed E-state index contributed by atoms with van der Waals surface area (Å²) in [7, 11) is 0. The summed E-state index contributed by atoms with van der Waals surface area (Å²) >= 11 is 0. The third-order valence-electron chi connectivity index (χ3n) is 4.67. The van der Waals surface area contributed by atoms with Crippen molar-refractivity contribution >= 4 is 0 Å². The lowest BCUT2D eigenvalue weighted by molar-refractivity contribution is 0.144. The number of hydrogen-bond donors (Lipinski definition) is 0. The van der Waals surface area contributed by atoms with E-state index in [1.165, 1.54) is 38.5 Å². The molecule has 2 fully saturated rings. The Morgan fingerprint density at radius 3 is 2.25 bits per heavy atom. The van der Waals surface area contributed by atoms with E-state index >= 15 is 0 Å². The predicted octanol–water partition coefficient (Wildman–Crippen LogP) is 4.00. The van der Waals surface area contributed by atoms with Gasteiger partial charge in [0.1, 0.15) is 0 Å². The Labute approximate surface area is 76.7 Å². The van der Waals surface area contributed by atoms with Crippen LogP contribution in [0.25, 0.3) is 0 Å². The van der Waals surface area contributed by atoms with Crippen LogP contribution in [0.4, 0.5) is 0 Å². The van der Waals surface area contributed by atoms with Crippen molar-refractivity contribution in [3.8, 4) is 0 Å². The highest BCUT2D eigenvalue weighted by Gasteiger charge is 2.52. The summed E-state index contributed by atoms with van der Waals surface area (Å²) in [5.41, 5.74) is 1.40. The van der Waals surface area contributed by atoms with Crippen LogP contribution in [0.15, 0.2) is 0 Å². The average Bonchev–Trinajstić information content (AvgIpc) is 2.88. The van der Waals surface area contributed by atoms with Gasteiger partial charge in [0, 0.05) is 0 Å². The third kappa shape index (κ3) is 1.30. The molecule has 1 atom stereocenters. The molecule has 0 nitrogen and oxygen atoms in total. The van der Waals surface area contributed by atoms with E-state index in [1.54, 1.807) is 0 Å².